The molecule has 0 amide bonds. The molecule has 0 heterocycles. The van der Waals surface area contributed by atoms with Crippen LogP contribution in [0.15, 0.2) is 42.5 Å². The molecule has 2 rings (SSSR count). The van der Waals surface area contributed by atoms with E-state index in [-0.39, 0.29) is 5.82 Å². The van der Waals surface area contributed by atoms with Gasteiger partial charge in [0.15, 0.2) is 0 Å². The van der Waals surface area contributed by atoms with E-state index in [0.29, 0.717) is 12.1 Å². The molecular formula is C17H20FNO. The molecule has 1 atom stereocenters. The number of benzene rings is 2. The van der Waals surface area contributed by atoms with E-state index in [1.165, 1.54) is 23.3 Å². The van der Waals surface area contributed by atoms with E-state index in [9.17, 15) is 9.50 Å². The van der Waals surface area contributed by atoms with Gasteiger partial charge in [0.05, 0.1) is 6.10 Å². The molecule has 0 aliphatic carbocycles. The quantitative estimate of drug-likeness (QED) is 0.915. The number of aryl methyl sites for hydroxylation is 1. The summed E-state index contributed by atoms with van der Waals surface area (Å²) in [4.78, 5) is 2.02. The standard InChI is InChI=1S/C17H20FNO/c1-12-5-4-6-14(9-12)11-19(3)17-8-7-15(18)10-16(17)13(2)20/h4-10,13,20H,11H2,1-3H3/t13-/m0/s1. The predicted octanol–water partition coefficient (Wildman–Crippen LogP) is 3.82. The van der Waals surface area contributed by atoms with Crippen LogP contribution in [0.25, 0.3) is 0 Å². The van der Waals surface area contributed by atoms with Crippen LogP contribution in [-0.4, -0.2) is 12.2 Å². The second kappa shape index (κ2) is 6.06. The van der Waals surface area contributed by atoms with Crippen LogP contribution in [0, 0.1) is 12.7 Å². The molecule has 0 unspecified atom stereocenters. The molecule has 0 bridgehead atoms. The van der Waals surface area contributed by atoms with Crippen LogP contribution in [-0.2, 0) is 6.54 Å². The molecule has 0 radical (unpaired) electrons. The molecular weight excluding hydrogens is 253 g/mol. The van der Waals surface area contributed by atoms with Crippen molar-refractivity contribution >= 4 is 5.69 Å². The summed E-state index contributed by atoms with van der Waals surface area (Å²) in [6, 6.07) is 12.8. The Hall–Kier alpha value is -1.87. The summed E-state index contributed by atoms with van der Waals surface area (Å²) in [7, 11) is 1.95. The van der Waals surface area contributed by atoms with Gasteiger partial charge in [-0.2, -0.15) is 0 Å². The van der Waals surface area contributed by atoms with Crippen molar-refractivity contribution in [3.63, 3.8) is 0 Å². The minimum atomic E-state index is -0.694. The molecule has 0 aliphatic rings. The number of halogens is 1. The summed E-state index contributed by atoms with van der Waals surface area (Å²) in [5.41, 5.74) is 3.86. The summed E-state index contributed by atoms with van der Waals surface area (Å²) in [6.45, 7) is 4.43. The Morgan fingerprint density at radius 3 is 2.60 bits per heavy atom. The van der Waals surface area contributed by atoms with Gasteiger partial charge in [-0.05, 0) is 37.6 Å². The highest BCUT2D eigenvalue weighted by molar-refractivity contribution is 5.54. The summed E-state index contributed by atoms with van der Waals surface area (Å²) < 4.78 is 13.3. The third-order valence-corrected chi connectivity index (χ3v) is 3.35. The Morgan fingerprint density at radius 1 is 1.20 bits per heavy atom. The van der Waals surface area contributed by atoms with Gasteiger partial charge in [0.25, 0.3) is 0 Å². The van der Waals surface area contributed by atoms with Crippen LogP contribution in [0.1, 0.15) is 29.7 Å². The van der Waals surface area contributed by atoms with E-state index in [0.717, 1.165) is 5.69 Å². The fraction of sp³-hybridized carbons (Fsp3) is 0.294. The summed E-state index contributed by atoms with van der Waals surface area (Å²) in [6.07, 6.45) is -0.694. The number of aliphatic hydroxyl groups excluding tert-OH is 1. The van der Waals surface area contributed by atoms with Crippen molar-refractivity contribution in [1.82, 2.24) is 0 Å². The highest BCUT2D eigenvalue weighted by Gasteiger charge is 2.13. The van der Waals surface area contributed by atoms with Crippen molar-refractivity contribution in [2.24, 2.45) is 0 Å². The molecule has 2 aromatic carbocycles. The highest BCUT2D eigenvalue weighted by atomic mass is 19.1. The maximum Gasteiger partial charge on any atom is 0.123 e. The smallest absolute Gasteiger partial charge is 0.123 e. The Labute approximate surface area is 119 Å². The van der Waals surface area contributed by atoms with E-state index < -0.39 is 6.10 Å². The molecule has 0 spiro atoms. The second-order valence-corrected chi connectivity index (χ2v) is 5.22. The first-order chi connectivity index (χ1) is 9.47. The predicted molar refractivity (Wildman–Crippen MR) is 80.3 cm³/mol. The molecule has 3 heteroatoms. The fourth-order valence-corrected chi connectivity index (χ4v) is 2.38. The molecule has 20 heavy (non-hydrogen) atoms. The van der Waals surface area contributed by atoms with Crippen LogP contribution in [0.4, 0.5) is 10.1 Å². The van der Waals surface area contributed by atoms with E-state index >= 15 is 0 Å². The number of aliphatic hydroxyl groups is 1. The van der Waals surface area contributed by atoms with Gasteiger partial charge in [-0.3, -0.25) is 0 Å². The average molecular weight is 273 g/mol. The van der Waals surface area contributed by atoms with Crippen LogP contribution in [0.2, 0.25) is 0 Å². The lowest BCUT2D eigenvalue weighted by atomic mass is 10.1. The van der Waals surface area contributed by atoms with Crippen LogP contribution >= 0.6 is 0 Å². The SMILES string of the molecule is Cc1cccc(CN(C)c2ccc(F)cc2[C@H](C)O)c1. The first-order valence-electron chi connectivity index (χ1n) is 6.71. The first-order valence-corrected chi connectivity index (χ1v) is 6.71. The molecule has 2 nitrogen and oxygen atoms in total. The zero-order chi connectivity index (χ0) is 14.7. The van der Waals surface area contributed by atoms with Gasteiger partial charge in [0, 0.05) is 24.8 Å². The molecule has 1 N–H and O–H groups in total. The Kier molecular flexibility index (Phi) is 4.40. The van der Waals surface area contributed by atoms with Crippen molar-refractivity contribution < 1.29 is 9.50 Å². The van der Waals surface area contributed by atoms with Crippen molar-refractivity contribution in [1.29, 1.82) is 0 Å². The summed E-state index contributed by atoms with van der Waals surface area (Å²) in [5.74, 6) is -0.325. The van der Waals surface area contributed by atoms with Crippen molar-refractivity contribution in [2.75, 3.05) is 11.9 Å². The number of rotatable bonds is 4. The maximum absolute atomic E-state index is 13.3. The monoisotopic (exact) mass is 273 g/mol. The average Bonchev–Trinajstić information content (AvgIpc) is 2.38. The number of hydrogen-bond acceptors (Lipinski definition) is 2. The Balaban J connectivity index is 2.27. The van der Waals surface area contributed by atoms with Gasteiger partial charge in [-0.1, -0.05) is 29.8 Å². The molecule has 0 fully saturated rings. The van der Waals surface area contributed by atoms with E-state index in [4.69, 9.17) is 0 Å². The zero-order valence-corrected chi connectivity index (χ0v) is 12.1. The Morgan fingerprint density at radius 2 is 1.95 bits per heavy atom. The number of hydrogen-bond donors (Lipinski definition) is 1. The van der Waals surface area contributed by atoms with Crippen molar-refractivity contribution in [3.8, 4) is 0 Å². The molecule has 106 valence electrons. The lowest BCUT2D eigenvalue weighted by Crippen LogP contribution is -2.18. The fourth-order valence-electron chi connectivity index (χ4n) is 2.38. The van der Waals surface area contributed by atoms with E-state index in [1.807, 2.05) is 18.0 Å². The van der Waals surface area contributed by atoms with Gasteiger partial charge in [0.2, 0.25) is 0 Å². The molecule has 0 saturated carbocycles. The minimum Gasteiger partial charge on any atom is -0.389 e. The minimum absolute atomic E-state index is 0.325. The van der Waals surface area contributed by atoms with Crippen molar-refractivity contribution in [3.05, 3.63) is 65.0 Å². The maximum atomic E-state index is 13.3. The summed E-state index contributed by atoms with van der Waals surface area (Å²) in [5, 5.41) is 9.79. The lowest BCUT2D eigenvalue weighted by Gasteiger charge is -2.24. The third-order valence-electron chi connectivity index (χ3n) is 3.35. The van der Waals surface area contributed by atoms with Gasteiger partial charge >= 0.3 is 0 Å². The lowest BCUT2D eigenvalue weighted by molar-refractivity contribution is 0.199. The highest BCUT2D eigenvalue weighted by Crippen LogP contribution is 2.27. The van der Waals surface area contributed by atoms with Crippen LogP contribution < -0.4 is 4.90 Å². The topological polar surface area (TPSA) is 23.5 Å². The molecule has 0 aromatic heterocycles. The summed E-state index contributed by atoms with van der Waals surface area (Å²) >= 11 is 0. The Bertz CT molecular complexity index is 595. The van der Waals surface area contributed by atoms with Gasteiger partial charge in [-0.15, -0.1) is 0 Å². The number of nitrogens with zero attached hydrogens (tertiary/aromatic N) is 1. The van der Waals surface area contributed by atoms with Gasteiger partial charge in [-0.25, -0.2) is 4.39 Å². The molecule has 2 aromatic rings. The van der Waals surface area contributed by atoms with E-state index in [1.54, 1.807) is 13.0 Å². The third kappa shape index (κ3) is 3.36. The largest absolute Gasteiger partial charge is 0.389 e. The normalized spacial score (nSPS) is 12.2. The first kappa shape index (κ1) is 14.5. The molecule has 0 saturated heterocycles. The van der Waals surface area contributed by atoms with Gasteiger partial charge < -0.3 is 10.0 Å². The van der Waals surface area contributed by atoms with Gasteiger partial charge in [0.1, 0.15) is 5.82 Å². The van der Waals surface area contributed by atoms with Crippen LogP contribution in [0.5, 0.6) is 0 Å². The zero-order valence-electron chi connectivity index (χ0n) is 12.1. The van der Waals surface area contributed by atoms with Crippen molar-refractivity contribution in [2.45, 2.75) is 26.5 Å². The number of anilines is 1. The van der Waals surface area contributed by atoms with E-state index in [2.05, 4.69) is 25.1 Å². The second-order valence-electron chi connectivity index (χ2n) is 5.22. The molecule has 0 aliphatic heterocycles. The van der Waals surface area contributed by atoms with Crippen LogP contribution in [0.3, 0.4) is 0 Å².